The third-order valence-corrected chi connectivity index (χ3v) is 10.6. The molecule has 1 aliphatic rings. The molecule has 2 aromatic heterocycles. The van der Waals surface area contributed by atoms with Crippen LogP contribution in [0, 0.1) is 12.3 Å². The van der Waals surface area contributed by atoms with Gasteiger partial charge in [0.05, 0.1) is 5.02 Å². The fourth-order valence-corrected chi connectivity index (χ4v) is 7.84. The number of nitrogen functional groups attached to an aromatic ring is 1. The van der Waals surface area contributed by atoms with Crippen molar-refractivity contribution in [3.63, 3.8) is 0 Å². The van der Waals surface area contributed by atoms with Crippen molar-refractivity contribution in [1.82, 2.24) is 24.3 Å². The van der Waals surface area contributed by atoms with Crippen LogP contribution in [0.15, 0.2) is 70.5 Å². The highest BCUT2D eigenvalue weighted by atomic mass is 35.5. The molecule has 0 spiro atoms. The Morgan fingerprint density at radius 3 is 2.52 bits per heavy atom. The summed E-state index contributed by atoms with van der Waals surface area (Å²) in [6.45, 7) is 2.09. The fourth-order valence-electron chi connectivity index (χ4n) is 5.32. The molecule has 5 N–H and O–H groups in total. The van der Waals surface area contributed by atoms with E-state index >= 15 is 0 Å². The summed E-state index contributed by atoms with van der Waals surface area (Å²) in [7, 11) is -4.23. The Morgan fingerprint density at radius 2 is 1.79 bits per heavy atom. The van der Waals surface area contributed by atoms with Gasteiger partial charge in [-0.15, -0.1) is 0 Å². The van der Waals surface area contributed by atoms with Crippen molar-refractivity contribution in [1.29, 1.82) is 5.41 Å². The molecule has 3 heterocycles. The quantitative estimate of drug-likeness (QED) is 0.0978. The largest absolute Gasteiger partial charge is 0.485 e. The second kappa shape index (κ2) is 14.7. The summed E-state index contributed by atoms with van der Waals surface area (Å²) in [5.41, 5.74) is 7.08. The summed E-state index contributed by atoms with van der Waals surface area (Å²) in [6.07, 6.45) is 2.77. The first-order valence-electron chi connectivity index (χ1n) is 15.0. The molecule has 5 rings (SSSR count). The van der Waals surface area contributed by atoms with E-state index in [-0.39, 0.29) is 75.4 Å². The second-order valence-corrected chi connectivity index (χ2v) is 13.7. The maximum Gasteiger partial charge on any atom is 0.258 e. The van der Waals surface area contributed by atoms with Crippen molar-refractivity contribution in [3.05, 3.63) is 104 Å². The van der Waals surface area contributed by atoms with Crippen LogP contribution in [0.3, 0.4) is 0 Å². The monoisotopic (exact) mass is 713 g/mol. The SMILES string of the molecule is Cc1cc(=O)n2cccc(OCc3c(Cl)ccc(S(=O)(=O)N4CCC[C@H]4C(=O)NCCCNC(=O)c4ccc(C(=N)N)cc4)c3Cl)c2n1. The number of fused-ring (bicyclic) bond motifs is 1. The standard InChI is InChI=1S/C32H33Cl2N7O6S/c1-19-17-27(42)40-15-3-6-25(30(40)39-19)47-18-22-23(33)11-12-26(28(22)34)48(45,46)41-16-2-5-24(41)32(44)38-14-4-13-37-31(43)21-9-7-20(8-10-21)29(35)36/h3,6-12,15,17,24H,2,4-5,13-14,16,18H2,1H3,(H3,35,36)(H,37,43)(H,38,44)/t24-/m0/s1. The lowest BCUT2D eigenvalue weighted by Crippen LogP contribution is -2.46. The van der Waals surface area contributed by atoms with E-state index in [1.807, 2.05) is 0 Å². The van der Waals surface area contributed by atoms with E-state index in [4.69, 9.17) is 39.1 Å². The van der Waals surface area contributed by atoms with Crippen molar-refractivity contribution in [2.45, 2.75) is 43.7 Å². The third-order valence-electron chi connectivity index (χ3n) is 7.80. The number of ether oxygens (including phenoxy) is 1. The van der Waals surface area contributed by atoms with E-state index in [0.29, 0.717) is 36.1 Å². The molecule has 16 heteroatoms. The molecule has 0 aliphatic carbocycles. The maximum atomic E-state index is 13.9. The number of pyridine rings is 1. The Balaban J connectivity index is 1.21. The van der Waals surface area contributed by atoms with Gasteiger partial charge in [-0.25, -0.2) is 13.4 Å². The molecule has 2 aromatic carbocycles. The van der Waals surface area contributed by atoms with Gasteiger partial charge in [-0.2, -0.15) is 4.31 Å². The first-order chi connectivity index (χ1) is 22.9. The van der Waals surface area contributed by atoms with Crippen LogP contribution in [0.4, 0.5) is 0 Å². The predicted octanol–water partition coefficient (Wildman–Crippen LogP) is 3.26. The predicted molar refractivity (Wildman–Crippen MR) is 181 cm³/mol. The smallest absolute Gasteiger partial charge is 0.258 e. The zero-order chi connectivity index (χ0) is 34.6. The number of amidine groups is 1. The van der Waals surface area contributed by atoms with Gasteiger partial charge in [-0.1, -0.05) is 35.3 Å². The van der Waals surface area contributed by atoms with E-state index in [1.165, 1.54) is 22.6 Å². The van der Waals surface area contributed by atoms with Gasteiger partial charge in [-0.3, -0.25) is 24.2 Å². The summed E-state index contributed by atoms with van der Waals surface area (Å²) in [5, 5.41) is 13.0. The van der Waals surface area contributed by atoms with Gasteiger partial charge in [0.2, 0.25) is 15.9 Å². The molecule has 0 unspecified atom stereocenters. The average molecular weight is 715 g/mol. The van der Waals surface area contributed by atoms with Crippen LogP contribution in [-0.4, -0.2) is 65.4 Å². The number of carbonyl (C=O) groups is 2. The molecule has 0 saturated carbocycles. The average Bonchev–Trinajstić information content (AvgIpc) is 3.56. The van der Waals surface area contributed by atoms with E-state index in [0.717, 1.165) is 4.31 Å². The zero-order valence-corrected chi connectivity index (χ0v) is 28.2. The number of hydrogen-bond donors (Lipinski definition) is 4. The number of aryl methyl sites for hydroxylation is 1. The number of rotatable bonds is 12. The van der Waals surface area contributed by atoms with Gasteiger partial charge in [0, 0.05) is 59.3 Å². The van der Waals surface area contributed by atoms with Crippen molar-refractivity contribution < 1.29 is 22.7 Å². The summed E-state index contributed by atoms with van der Waals surface area (Å²) < 4.78 is 36.1. The molecule has 252 valence electrons. The van der Waals surface area contributed by atoms with E-state index < -0.39 is 22.0 Å². The Kier molecular flexibility index (Phi) is 10.7. The number of carbonyl (C=O) groups excluding carboxylic acids is 2. The number of nitrogens with zero attached hydrogens (tertiary/aromatic N) is 3. The van der Waals surface area contributed by atoms with Crippen LogP contribution in [0.25, 0.3) is 5.65 Å². The highest BCUT2D eigenvalue weighted by Gasteiger charge is 2.40. The summed E-state index contributed by atoms with van der Waals surface area (Å²) in [5.74, 6) is -0.584. The molecule has 0 bridgehead atoms. The first-order valence-corrected chi connectivity index (χ1v) is 17.2. The minimum absolute atomic E-state index is 0.0940. The zero-order valence-electron chi connectivity index (χ0n) is 25.8. The van der Waals surface area contributed by atoms with Crippen LogP contribution in [0.1, 0.15) is 46.4 Å². The Hall–Kier alpha value is -4.50. The first kappa shape index (κ1) is 34.8. The summed E-state index contributed by atoms with van der Waals surface area (Å²) in [4.78, 5) is 42.1. The molecule has 1 aliphatic heterocycles. The van der Waals surface area contributed by atoms with Crippen LogP contribution in [0.5, 0.6) is 5.75 Å². The van der Waals surface area contributed by atoms with Gasteiger partial charge in [0.1, 0.15) is 23.4 Å². The fraction of sp³-hybridized carbons (Fsp3) is 0.281. The maximum absolute atomic E-state index is 13.9. The number of sulfonamides is 1. The highest BCUT2D eigenvalue weighted by Crippen LogP contribution is 2.36. The number of hydrogen-bond acceptors (Lipinski definition) is 8. The number of halogens is 2. The summed E-state index contributed by atoms with van der Waals surface area (Å²) in [6, 6.07) is 12.7. The van der Waals surface area contributed by atoms with Gasteiger partial charge in [0.15, 0.2) is 11.4 Å². The van der Waals surface area contributed by atoms with Crippen molar-refractivity contribution in [2.75, 3.05) is 19.6 Å². The number of nitrogens with two attached hydrogens (primary N) is 1. The van der Waals surface area contributed by atoms with E-state index in [9.17, 15) is 22.8 Å². The molecule has 1 fully saturated rings. The highest BCUT2D eigenvalue weighted by molar-refractivity contribution is 7.89. The molecule has 4 aromatic rings. The minimum atomic E-state index is -4.23. The van der Waals surface area contributed by atoms with Crippen LogP contribution < -0.4 is 26.7 Å². The van der Waals surface area contributed by atoms with Crippen LogP contribution >= 0.6 is 23.2 Å². The number of amides is 2. The number of nitrogens with one attached hydrogen (secondary N) is 3. The Bertz CT molecular complexity index is 2050. The molecular weight excluding hydrogens is 681 g/mol. The minimum Gasteiger partial charge on any atom is -0.485 e. The van der Waals surface area contributed by atoms with Gasteiger partial charge >= 0.3 is 0 Å². The topological polar surface area (TPSA) is 189 Å². The van der Waals surface area contributed by atoms with Gasteiger partial charge in [-0.05, 0) is 62.6 Å². The normalized spacial score (nSPS) is 14.9. The Labute approximate surface area is 286 Å². The molecule has 48 heavy (non-hydrogen) atoms. The molecule has 0 radical (unpaired) electrons. The molecular formula is C32H33Cl2N7O6S. The van der Waals surface area contributed by atoms with Gasteiger partial charge < -0.3 is 21.1 Å². The molecule has 1 atom stereocenters. The Morgan fingerprint density at radius 1 is 1.08 bits per heavy atom. The lowest BCUT2D eigenvalue weighted by Gasteiger charge is -2.24. The third kappa shape index (κ3) is 7.46. The van der Waals surface area contributed by atoms with E-state index in [2.05, 4.69) is 15.6 Å². The van der Waals surface area contributed by atoms with Crippen LogP contribution in [-0.2, 0) is 21.4 Å². The van der Waals surface area contributed by atoms with Crippen molar-refractivity contribution in [3.8, 4) is 5.75 Å². The van der Waals surface area contributed by atoms with Gasteiger partial charge in [0.25, 0.3) is 11.5 Å². The second-order valence-electron chi connectivity index (χ2n) is 11.1. The summed E-state index contributed by atoms with van der Waals surface area (Å²) >= 11 is 13.1. The lowest BCUT2D eigenvalue weighted by atomic mass is 10.1. The molecule has 2 amide bonds. The lowest BCUT2D eigenvalue weighted by molar-refractivity contribution is -0.124. The number of aromatic nitrogens is 2. The molecule has 13 nitrogen and oxygen atoms in total. The molecule has 1 saturated heterocycles. The van der Waals surface area contributed by atoms with Crippen molar-refractivity contribution in [2.24, 2.45) is 5.73 Å². The number of benzene rings is 2. The van der Waals surface area contributed by atoms with Crippen molar-refractivity contribution >= 4 is 56.5 Å². The van der Waals surface area contributed by atoms with Crippen LogP contribution in [0.2, 0.25) is 10.0 Å². The van der Waals surface area contributed by atoms with E-state index in [1.54, 1.807) is 49.5 Å².